The molecule has 1 saturated heterocycles. The van der Waals surface area contributed by atoms with E-state index in [2.05, 4.69) is 70.5 Å². The molecule has 1 fully saturated rings. The number of aromatic nitrogens is 2. The van der Waals surface area contributed by atoms with Crippen LogP contribution in [0, 0.1) is 0 Å². The number of anilines is 3. The van der Waals surface area contributed by atoms with Gasteiger partial charge in [-0.25, -0.2) is 9.97 Å². The number of hydrogen-bond donors (Lipinski definition) is 2. The number of nitrogens with two attached hydrogens (primary N) is 1. The number of rotatable bonds is 7. The molecule has 0 spiro atoms. The van der Waals surface area contributed by atoms with E-state index in [9.17, 15) is 0 Å². The molecule has 5 rings (SSSR count). The molecule has 8 heteroatoms. The fourth-order valence-corrected chi connectivity index (χ4v) is 5.29. The number of fused-ring (bicyclic) bond motifs is 1. The smallest absolute Gasteiger partial charge is 0.227 e. The SMILES string of the molecule is CN=C(C1=C(N)CCc2cnc(Nc3ccc(N4CCN(C)CC4)cc3OC)nc21)C(C)c1ccccc1. The summed E-state index contributed by atoms with van der Waals surface area (Å²) in [6.07, 6.45) is 3.48. The highest BCUT2D eigenvalue weighted by atomic mass is 16.5. The van der Waals surface area contributed by atoms with Crippen LogP contribution >= 0.6 is 0 Å². The molecule has 0 amide bonds. The predicted octanol–water partition coefficient (Wildman–Crippen LogP) is 4.47. The Bertz CT molecular complexity index is 1340. The first-order valence-electron chi connectivity index (χ1n) is 13.2. The highest BCUT2D eigenvalue weighted by Gasteiger charge is 2.27. The summed E-state index contributed by atoms with van der Waals surface area (Å²) in [5.74, 6) is 1.34. The van der Waals surface area contributed by atoms with Gasteiger partial charge < -0.3 is 25.6 Å². The molecule has 1 aliphatic carbocycles. The lowest BCUT2D eigenvalue weighted by atomic mass is 9.84. The quantitative estimate of drug-likeness (QED) is 0.452. The Labute approximate surface area is 225 Å². The van der Waals surface area contributed by atoms with Crippen LogP contribution < -0.4 is 20.7 Å². The first kappa shape index (κ1) is 25.7. The van der Waals surface area contributed by atoms with Crippen LogP contribution in [0.5, 0.6) is 5.75 Å². The van der Waals surface area contributed by atoms with Crippen LogP contribution in [-0.4, -0.2) is 68.0 Å². The Morgan fingerprint density at radius 2 is 1.84 bits per heavy atom. The summed E-state index contributed by atoms with van der Waals surface area (Å²) in [6.45, 7) is 6.27. The van der Waals surface area contributed by atoms with Crippen LogP contribution in [0.1, 0.15) is 36.1 Å². The van der Waals surface area contributed by atoms with Crippen molar-refractivity contribution in [1.29, 1.82) is 0 Å². The second kappa shape index (κ2) is 11.2. The van der Waals surface area contributed by atoms with Gasteiger partial charge in [-0.2, -0.15) is 0 Å². The fraction of sp³-hybridized carbons (Fsp3) is 0.367. The summed E-state index contributed by atoms with van der Waals surface area (Å²) in [5, 5.41) is 3.39. The van der Waals surface area contributed by atoms with Crippen LogP contribution in [0.2, 0.25) is 0 Å². The standard InChI is InChI=1S/C30H37N7O/c1-20(21-8-6-5-7-9-21)28(32-2)27-24(31)12-10-22-19-33-30(35-29(22)27)34-25-13-11-23(18-26(25)38-4)37-16-14-36(3)15-17-37/h5-9,11,13,18-20H,10,12,14-17,31H2,1-4H3,(H,33,34,35). The molecule has 1 aromatic heterocycles. The zero-order valence-corrected chi connectivity index (χ0v) is 22.7. The number of aliphatic imine (C=N–C) groups is 1. The number of hydrogen-bond acceptors (Lipinski definition) is 8. The zero-order chi connectivity index (χ0) is 26.6. The van der Waals surface area contributed by atoms with Crippen molar-refractivity contribution in [1.82, 2.24) is 14.9 Å². The van der Waals surface area contributed by atoms with Crippen LogP contribution in [-0.2, 0) is 6.42 Å². The fourth-order valence-electron chi connectivity index (χ4n) is 5.29. The summed E-state index contributed by atoms with van der Waals surface area (Å²) >= 11 is 0. The summed E-state index contributed by atoms with van der Waals surface area (Å²) in [4.78, 5) is 19.0. The molecule has 0 saturated carbocycles. The Kier molecular flexibility index (Phi) is 7.60. The Morgan fingerprint density at radius 1 is 1.08 bits per heavy atom. The second-order valence-corrected chi connectivity index (χ2v) is 10.0. The Hall–Kier alpha value is -3.91. The molecule has 2 aliphatic rings. The Morgan fingerprint density at radius 3 is 2.55 bits per heavy atom. The lowest BCUT2D eigenvalue weighted by Gasteiger charge is -2.34. The summed E-state index contributed by atoms with van der Waals surface area (Å²) in [5.41, 5.74) is 14.4. The number of piperazine rings is 1. The third kappa shape index (κ3) is 5.22. The van der Waals surface area contributed by atoms with E-state index >= 15 is 0 Å². The van der Waals surface area contributed by atoms with E-state index in [1.807, 2.05) is 25.4 Å². The van der Waals surface area contributed by atoms with Gasteiger partial charge in [0.2, 0.25) is 5.95 Å². The van der Waals surface area contributed by atoms with Gasteiger partial charge in [-0.05, 0) is 43.1 Å². The number of methoxy groups -OCH3 is 1. The van der Waals surface area contributed by atoms with Gasteiger partial charge in [-0.15, -0.1) is 0 Å². The van der Waals surface area contributed by atoms with E-state index in [4.69, 9.17) is 20.4 Å². The third-order valence-electron chi connectivity index (χ3n) is 7.59. The van der Waals surface area contributed by atoms with E-state index in [0.29, 0.717) is 5.95 Å². The molecular formula is C30H37N7O. The topological polar surface area (TPSA) is 91.9 Å². The van der Waals surface area contributed by atoms with Gasteiger partial charge in [0.1, 0.15) is 5.75 Å². The van der Waals surface area contributed by atoms with Crippen molar-refractivity contribution >= 4 is 28.6 Å². The molecule has 198 valence electrons. The molecule has 3 N–H and O–H groups in total. The van der Waals surface area contributed by atoms with Gasteiger partial charge in [0.25, 0.3) is 0 Å². The summed E-state index contributed by atoms with van der Waals surface area (Å²) in [6, 6.07) is 16.6. The normalized spacial score (nSPS) is 17.3. The number of nitrogens with zero attached hydrogens (tertiary/aromatic N) is 5. The first-order valence-corrected chi connectivity index (χ1v) is 13.2. The highest BCUT2D eigenvalue weighted by molar-refractivity contribution is 6.27. The summed E-state index contributed by atoms with van der Waals surface area (Å²) < 4.78 is 5.75. The maximum atomic E-state index is 6.62. The molecule has 1 atom stereocenters. The van der Waals surface area contributed by atoms with Gasteiger partial charge in [0.05, 0.1) is 24.2 Å². The molecule has 1 unspecified atom stereocenters. The minimum Gasteiger partial charge on any atom is -0.494 e. The molecule has 2 heterocycles. The number of benzene rings is 2. The van der Waals surface area contributed by atoms with Crippen molar-refractivity contribution in [3.8, 4) is 5.75 Å². The van der Waals surface area contributed by atoms with Crippen molar-refractivity contribution in [2.75, 3.05) is 57.6 Å². The average molecular weight is 512 g/mol. The lowest BCUT2D eigenvalue weighted by molar-refractivity contribution is 0.312. The number of ether oxygens (including phenoxy) is 1. The van der Waals surface area contributed by atoms with Crippen LogP contribution in [0.25, 0.3) is 5.57 Å². The maximum Gasteiger partial charge on any atom is 0.227 e. The number of aryl methyl sites for hydroxylation is 1. The van der Waals surface area contributed by atoms with Crippen molar-refractivity contribution in [2.45, 2.75) is 25.7 Å². The average Bonchev–Trinajstić information content (AvgIpc) is 2.95. The minimum absolute atomic E-state index is 0.0780. The molecule has 0 radical (unpaired) electrons. The van der Waals surface area contributed by atoms with E-state index in [-0.39, 0.29) is 5.92 Å². The van der Waals surface area contributed by atoms with Crippen molar-refractivity contribution in [3.05, 3.63) is 77.2 Å². The van der Waals surface area contributed by atoms with E-state index in [0.717, 1.165) is 84.4 Å². The van der Waals surface area contributed by atoms with E-state index in [1.54, 1.807) is 7.11 Å². The van der Waals surface area contributed by atoms with Crippen molar-refractivity contribution < 1.29 is 4.74 Å². The third-order valence-corrected chi connectivity index (χ3v) is 7.59. The van der Waals surface area contributed by atoms with Crippen LogP contribution in [0.15, 0.2) is 65.4 Å². The number of nitrogens with one attached hydrogen (secondary N) is 1. The van der Waals surface area contributed by atoms with E-state index in [1.165, 1.54) is 5.56 Å². The van der Waals surface area contributed by atoms with Crippen molar-refractivity contribution in [3.63, 3.8) is 0 Å². The zero-order valence-electron chi connectivity index (χ0n) is 22.7. The molecule has 0 bridgehead atoms. The highest BCUT2D eigenvalue weighted by Crippen LogP contribution is 2.36. The largest absolute Gasteiger partial charge is 0.494 e. The van der Waals surface area contributed by atoms with Crippen LogP contribution in [0.3, 0.4) is 0 Å². The van der Waals surface area contributed by atoms with Crippen LogP contribution in [0.4, 0.5) is 17.3 Å². The summed E-state index contributed by atoms with van der Waals surface area (Å²) in [7, 11) is 5.68. The van der Waals surface area contributed by atoms with Crippen molar-refractivity contribution in [2.24, 2.45) is 10.7 Å². The van der Waals surface area contributed by atoms with Gasteiger partial charge in [-0.1, -0.05) is 37.3 Å². The van der Waals surface area contributed by atoms with E-state index < -0.39 is 0 Å². The lowest BCUT2D eigenvalue weighted by Crippen LogP contribution is -2.44. The second-order valence-electron chi connectivity index (χ2n) is 10.0. The number of allylic oxidation sites excluding steroid dienone is 2. The Balaban J connectivity index is 1.44. The monoisotopic (exact) mass is 511 g/mol. The molecule has 8 nitrogen and oxygen atoms in total. The molecule has 38 heavy (non-hydrogen) atoms. The van der Waals surface area contributed by atoms with Gasteiger partial charge in [0.15, 0.2) is 0 Å². The van der Waals surface area contributed by atoms with Gasteiger partial charge >= 0.3 is 0 Å². The molecular weight excluding hydrogens is 474 g/mol. The van der Waals surface area contributed by atoms with Gasteiger partial charge in [-0.3, -0.25) is 4.99 Å². The molecule has 1 aliphatic heterocycles. The maximum absolute atomic E-state index is 6.62. The number of likely N-dealkylation sites (N-methyl/N-ethyl adjacent to an activating group) is 1. The molecule has 3 aromatic rings. The first-order chi connectivity index (χ1) is 18.5. The predicted molar refractivity (Wildman–Crippen MR) is 156 cm³/mol. The minimum atomic E-state index is 0.0780. The molecule has 2 aromatic carbocycles. The van der Waals surface area contributed by atoms with Gasteiger partial charge in [0, 0.05) is 68.4 Å².